The van der Waals surface area contributed by atoms with Crippen LogP contribution >= 0.6 is 0 Å². The van der Waals surface area contributed by atoms with E-state index in [9.17, 15) is 0 Å². The molecular formula is C19H24N4O. The number of nitrogens with one attached hydrogen (secondary N) is 1. The van der Waals surface area contributed by atoms with Gasteiger partial charge < -0.3 is 10.1 Å². The van der Waals surface area contributed by atoms with Crippen LogP contribution in [0, 0.1) is 5.92 Å². The van der Waals surface area contributed by atoms with Crippen molar-refractivity contribution >= 4 is 5.69 Å². The molecule has 3 aliphatic rings. The van der Waals surface area contributed by atoms with Gasteiger partial charge in [0.05, 0.1) is 24.7 Å². The minimum Gasteiger partial charge on any atom is -0.481 e. The third-order valence-electron chi connectivity index (χ3n) is 5.52. The van der Waals surface area contributed by atoms with E-state index in [0.717, 1.165) is 22.9 Å². The van der Waals surface area contributed by atoms with Crippen molar-refractivity contribution in [2.24, 2.45) is 5.92 Å². The fourth-order valence-electron chi connectivity index (χ4n) is 4.04. The van der Waals surface area contributed by atoms with Crippen molar-refractivity contribution in [1.29, 1.82) is 0 Å². The van der Waals surface area contributed by atoms with E-state index < -0.39 is 0 Å². The number of methoxy groups -OCH3 is 1. The quantitative estimate of drug-likeness (QED) is 0.937. The number of anilines is 1. The molecule has 5 heteroatoms. The highest BCUT2D eigenvalue weighted by Crippen LogP contribution is 2.34. The first-order chi connectivity index (χ1) is 11.7. The van der Waals surface area contributed by atoms with E-state index in [1.807, 2.05) is 18.3 Å². The van der Waals surface area contributed by atoms with E-state index in [0.29, 0.717) is 18.0 Å². The van der Waals surface area contributed by atoms with Crippen molar-refractivity contribution < 1.29 is 4.74 Å². The Kier molecular flexibility index (Phi) is 4.10. The highest BCUT2D eigenvalue weighted by molar-refractivity contribution is 5.60. The summed E-state index contributed by atoms with van der Waals surface area (Å²) in [5.41, 5.74) is 3.03. The summed E-state index contributed by atoms with van der Waals surface area (Å²) < 4.78 is 5.10. The average molecular weight is 324 g/mol. The Morgan fingerprint density at radius 3 is 2.50 bits per heavy atom. The van der Waals surface area contributed by atoms with Crippen molar-refractivity contribution in [3.05, 3.63) is 36.7 Å². The molecule has 3 aliphatic heterocycles. The van der Waals surface area contributed by atoms with Crippen molar-refractivity contribution in [3.8, 4) is 17.1 Å². The minimum atomic E-state index is 0.530. The van der Waals surface area contributed by atoms with E-state index in [4.69, 9.17) is 4.74 Å². The number of piperidine rings is 3. The van der Waals surface area contributed by atoms with Gasteiger partial charge in [0, 0.05) is 29.9 Å². The van der Waals surface area contributed by atoms with Gasteiger partial charge in [0.25, 0.3) is 0 Å². The molecule has 5 rings (SSSR count). The van der Waals surface area contributed by atoms with E-state index >= 15 is 0 Å². The Bertz CT molecular complexity index is 676. The molecule has 2 atom stereocenters. The monoisotopic (exact) mass is 324 g/mol. The number of ether oxygens (including phenoxy) is 1. The maximum atomic E-state index is 5.10. The summed E-state index contributed by atoms with van der Waals surface area (Å²) in [6, 6.07) is 9.15. The minimum absolute atomic E-state index is 0.530. The van der Waals surface area contributed by atoms with E-state index in [1.165, 1.54) is 25.9 Å². The lowest BCUT2D eigenvalue weighted by atomic mass is 9.79. The van der Waals surface area contributed by atoms with Crippen molar-refractivity contribution in [2.45, 2.75) is 31.8 Å². The lowest BCUT2D eigenvalue weighted by Crippen LogP contribution is -2.59. The van der Waals surface area contributed by atoms with Crippen LogP contribution in [-0.4, -0.2) is 47.2 Å². The van der Waals surface area contributed by atoms with Crippen LogP contribution in [0.4, 0.5) is 5.69 Å². The number of rotatable bonds is 4. The summed E-state index contributed by atoms with van der Waals surface area (Å²) in [6.45, 7) is 4.85. The molecule has 0 amide bonds. The summed E-state index contributed by atoms with van der Waals surface area (Å²) in [5, 5.41) is 3.72. The Labute approximate surface area is 143 Å². The Morgan fingerprint density at radius 1 is 1.08 bits per heavy atom. The third-order valence-corrected chi connectivity index (χ3v) is 5.52. The van der Waals surface area contributed by atoms with Gasteiger partial charge in [-0.05, 0) is 57.0 Å². The summed E-state index contributed by atoms with van der Waals surface area (Å²) in [7, 11) is 1.62. The zero-order valence-electron chi connectivity index (χ0n) is 14.3. The first kappa shape index (κ1) is 15.4. The standard InChI is InChI=1S/C19H24N4O/c1-13-19(14-7-9-23(13)10-8-14)22-16-4-5-17(20-12-16)15-3-6-18(24-2)21-11-15/h3-6,11-14,19,22H,7-10H2,1-2H3/t13-,19+/m1/s1. The molecule has 0 saturated carbocycles. The van der Waals surface area contributed by atoms with Crippen LogP contribution in [0.3, 0.4) is 0 Å². The van der Waals surface area contributed by atoms with Gasteiger partial charge in [-0.1, -0.05) is 0 Å². The van der Waals surface area contributed by atoms with Crippen molar-refractivity contribution in [1.82, 2.24) is 14.9 Å². The summed E-state index contributed by atoms with van der Waals surface area (Å²) in [4.78, 5) is 11.4. The molecule has 2 bridgehead atoms. The average Bonchev–Trinajstić information content (AvgIpc) is 2.66. The highest BCUT2D eigenvalue weighted by atomic mass is 16.5. The largest absolute Gasteiger partial charge is 0.481 e. The van der Waals surface area contributed by atoms with Gasteiger partial charge in [-0.25, -0.2) is 4.98 Å². The number of pyridine rings is 2. The van der Waals surface area contributed by atoms with Crippen LogP contribution in [0.25, 0.3) is 11.3 Å². The molecule has 126 valence electrons. The van der Waals surface area contributed by atoms with E-state index in [-0.39, 0.29) is 0 Å². The molecule has 2 aromatic heterocycles. The van der Waals surface area contributed by atoms with E-state index in [1.54, 1.807) is 13.3 Å². The van der Waals surface area contributed by atoms with Crippen LogP contribution in [0.5, 0.6) is 5.88 Å². The molecule has 24 heavy (non-hydrogen) atoms. The fourth-order valence-corrected chi connectivity index (χ4v) is 4.04. The van der Waals surface area contributed by atoms with Crippen molar-refractivity contribution in [2.75, 3.05) is 25.5 Å². The number of nitrogens with zero attached hydrogens (tertiary/aromatic N) is 3. The maximum Gasteiger partial charge on any atom is 0.212 e. The Hall–Kier alpha value is -2.14. The normalized spacial score (nSPS) is 28.6. The first-order valence-corrected chi connectivity index (χ1v) is 8.71. The van der Waals surface area contributed by atoms with Crippen LogP contribution in [0.2, 0.25) is 0 Å². The fraction of sp³-hybridized carbons (Fsp3) is 0.474. The Balaban J connectivity index is 1.47. The van der Waals surface area contributed by atoms with Gasteiger partial charge in [-0.15, -0.1) is 0 Å². The molecule has 0 aliphatic carbocycles. The lowest BCUT2D eigenvalue weighted by Gasteiger charge is -2.50. The molecular weight excluding hydrogens is 300 g/mol. The molecule has 0 radical (unpaired) electrons. The maximum absolute atomic E-state index is 5.10. The van der Waals surface area contributed by atoms with Gasteiger partial charge in [0.15, 0.2) is 0 Å². The van der Waals surface area contributed by atoms with Gasteiger partial charge in [0.1, 0.15) is 0 Å². The molecule has 5 nitrogen and oxygen atoms in total. The van der Waals surface area contributed by atoms with Crippen LogP contribution in [0.15, 0.2) is 36.7 Å². The molecule has 5 heterocycles. The zero-order valence-corrected chi connectivity index (χ0v) is 14.3. The van der Waals surface area contributed by atoms with Crippen molar-refractivity contribution in [3.63, 3.8) is 0 Å². The van der Waals surface area contributed by atoms with Gasteiger partial charge in [0.2, 0.25) is 5.88 Å². The topological polar surface area (TPSA) is 50.3 Å². The van der Waals surface area contributed by atoms with Crippen LogP contribution in [0.1, 0.15) is 19.8 Å². The molecule has 0 aromatic carbocycles. The van der Waals surface area contributed by atoms with Gasteiger partial charge in [-0.3, -0.25) is 9.88 Å². The SMILES string of the molecule is COc1ccc(-c2ccc(N[C@@H]3C4CCN(CC4)[C@@H]3C)cn2)cn1. The second-order valence-corrected chi connectivity index (χ2v) is 6.81. The zero-order chi connectivity index (χ0) is 16.5. The van der Waals surface area contributed by atoms with Gasteiger partial charge in [-0.2, -0.15) is 0 Å². The molecule has 2 aromatic rings. The molecule has 3 fully saturated rings. The predicted molar refractivity (Wildman–Crippen MR) is 95.2 cm³/mol. The number of hydrogen-bond acceptors (Lipinski definition) is 5. The van der Waals surface area contributed by atoms with Crippen LogP contribution in [-0.2, 0) is 0 Å². The number of hydrogen-bond donors (Lipinski definition) is 1. The molecule has 0 spiro atoms. The summed E-state index contributed by atoms with van der Waals surface area (Å²) in [5.74, 6) is 1.41. The second-order valence-electron chi connectivity index (χ2n) is 6.81. The number of aromatic nitrogens is 2. The van der Waals surface area contributed by atoms with Gasteiger partial charge >= 0.3 is 0 Å². The van der Waals surface area contributed by atoms with E-state index in [2.05, 4.69) is 39.2 Å². The smallest absolute Gasteiger partial charge is 0.212 e. The summed E-state index contributed by atoms with van der Waals surface area (Å²) in [6.07, 6.45) is 6.35. The first-order valence-electron chi connectivity index (χ1n) is 8.71. The lowest BCUT2D eigenvalue weighted by molar-refractivity contribution is 0.0458. The number of fused-ring (bicyclic) bond motifs is 3. The second kappa shape index (κ2) is 6.40. The Morgan fingerprint density at radius 2 is 1.92 bits per heavy atom. The van der Waals surface area contributed by atoms with Crippen LogP contribution < -0.4 is 10.1 Å². The molecule has 3 saturated heterocycles. The molecule has 1 N–H and O–H groups in total. The molecule has 0 unspecified atom stereocenters. The predicted octanol–water partition coefficient (Wildman–Crippen LogP) is 3.05. The highest BCUT2D eigenvalue weighted by Gasteiger charge is 2.39. The summed E-state index contributed by atoms with van der Waals surface area (Å²) >= 11 is 0. The third kappa shape index (κ3) is 2.84.